The Hall–Kier alpha value is -3.12. The highest BCUT2D eigenvalue weighted by Crippen LogP contribution is 2.40. The lowest BCUT2D eigenvalue weighted by Gasteiger charge is -2.28. The van der Waals surface area contributed by atoms with Crippen LogP contribution < -0.4 is 11.1 Å². The molecule has 1 saturated carbocycles. The van der Waals surface area contributed by atoms with Crippen LogP contribution in [0.3, 0.4) is 0 Å². The quantitative estimate of drug-likeness (QED) is 0.572. The first-order chi connectivity index (χ1) is 15.4. The molecule has 4 N–H and O–H groups in total. The van der Waals surface area contributed by atoms with Gasteiger partial charge in [0.25, 0.3) is 5.91 Å². The molecule has 0 saturated heterocycles. The average Bonchev–Trinajstić information content (AvgIpc) is 3.09. The predicted octanol–water partition coefficient (Wildman–Crippen LogP) is 4.35. The highest BCUT2D eigenvalue weighted by Gasteiger charge is 2.29. The molecule has 6 nitrogen and oxygen atoms in total. The summed E-state index contributed by atoms with van der Waals surface area (Å²) >= 11 is 0. The van der Waals surface area contributed by atoms with Crippen molar-refractivity contribution in [2.45, 2.75) is 57.6 Å². The van der Waals surface area contributed by atoms with Gasteiger partial charge in [-0.2, -0.15) is 0 Å². The van der Waals surface area contributed by atoms with Crippen molar-refractivity contribution < 1.29 is 14.7 Å². The Morgan fingerprint density at radius 2 is 1.84 bits per heavy atom. The molecule has 2 aliphatic rings. The van der Waals surface area contributed by atoms with Gasteiger partial charge >= 0.3 is 0 Å². The fourth-order valence-electron chi connectivity index (χ4n) is 5.36. The fourth-order valence-corrected chi connectivity index (χ4v) is 5.36. The summed E-state index contributed by atoms with van der Waals surface area (Å²) in [5, 5.41) is 14.4. The van der Waals surface area contributed by atoms with Crippen molar-refractivity contribution in [1.82, 2.24) is 4.57 Å². The molecule has 1 aliphatic heterocycles. The Morgan fingerprint density at radius 3 is 2.59 bits per heavy atom. The summed E-state index contributed by atoms with van der Waals surface area (Å²) in [6.45, 7) is 2.11. The number of aliphatic hydroxyl groups is 1. The fraction of sp³-hybridized carbons (Fsp3) is 0.385. The number of aliphatic hydroxyl groups excluding tert-OH is 1. The maximum atomic E-state index is 12.9. The number of nitrogens with two attached hydrogens (primary N) is 1. The van der Waals surface area contributed by atoms with E-state index in [2.05, 4.69) is 18.3 Å². The molecule has 0 spiro atoms. The van der Waals surface area contributed by atoms with Gasteiger partial charge in [0, 0.05) is 34.8 Å². The van der Waals surface area contributed by atoms with Gasteiger partial charge in [-0.05, 0) is 61.8 Å². The highest BCUT2D eigenvalue weighted by molar-refractivity contribution is 6.06. The van der Waals surface area contributed by atoms with Crippen molar-refractivity contribution in [3.63, 3.8) is 0 Å². The van der Waals surface area contributed by atoms with Crippen molar-refractivity contribution in [1.29, 1.82) is 0 Å². The molecule has 5 rings (SSSR count). The third kappa shape index (κ3) is 3.58. The summed E-state index contributed by atoms with van der Waals surface area (Å²) in [5.74, 6) is -0.0502. The van der Waals surface area contributed by atoms with Gasteiger partial charge < -0.3 is 16.2 Å². The number of primary amides is 1. The molecule has 1 fully saturated rings. The normalized spacial score (nSPS) is 23.2. The second-order valence-electron chi connectivity index (χ2n) is 9.36. The summed E-state index contributed by atoms with van der Waals surface area (Å²) in [6, 6.07) is 13.9. The van der Waals surface area contributed by atoms with E-state index < -0.39 is 5.91 Å². The molecule has 2 heterocycles. The SMILES string of the molecule is C[C@H]1CC(=O)n2c(c(-c3ccc(C(N)=O)c(NC4CCC(O)CC4)c3)c3ccccc32)C1. The van der Waals surface area contributed by atoms with Crippen LogP contribution in [0.2, 0.25) is 0 Å². The number of rotatable bonds is 4. The van der Waals surface area contributed by atoms with Crippen molar-refractivity contribution in [3.05, 3.63) is 53.7 Å². The number of anilines is 1. The van der Waals surface area contributed by atoms with Crippen LogP contribution in [0.25, 0.3) is 22.0 Å². The maximum absolute atomic E-state index is 12.9. The second-order valence-corrected chi connectivity index (χ2v) is 9.36. The van der Waals surface area contributed by atoms with Crippen LogP contribution in [-0.2, 0) is 6.42 Å². The number of carbonyl (C=O) groups is 2. The molecule has 0 unspecified atom stereocenters. The summed E-state index contributed by atoms with van der Waals surface area (Å²) in [7, 11) is 0. The van der Waals surface area contributed by atoms with E-state index in [0.29, 0.717) is 12.0 Å². The van der Waals surface area contributed by atoms with Gasteiger partial charge in [-0.1, -0.05) is 31.2 Å². The highest BCUT2D eigenvalue weighted by atomic mass is 16.3. The van der Waals surface area contributed by atoms with E-state index in [1.54, 1.807) is 6.07 Å². The summed E-state index contributed by atoms with van der Waals surface area (Å²) < 4.78 is 1.88. The van der Waals surface area contributed by atoms with Crippen molar-refractivity contribution in [2.75, 3.05) is 5.32 Å². The Balaban J connectivity index is 1.63. The van der Waals surface area contributed by atoms with E-state index in [1.807, 2.05) is 34.9 Å². The lowest BCUT2D eigenvalue weighted by atomic mass is 9.91. The topological polar surface area (TPSA) is 97.4 Å². The zero-order chi connectivity index (χ0) is 22.4. The molecule has 6 heteroatoms. The number of amides is 1. The van der Waals surface area contributed by atoms with E-state index in [1.165, 1.54) is 0 Å². The van der Waals surface area contributed by atoms with Crippen LogP contribution in [0.15, 0.2) is 42.5 Å². The van der Waals surface area contributed by atoms with Crippen LogP contribution in [0.1, 0.15) is 59.9 Å². The first-order valence-corrected chi connectivity index (χ1v) is 11.5. The Morgan fingerprint density at radius 1 is 1.09 bits per heavy atom. The Kier molecular flexibility index (Phi) is 5.25. The smallest absolute Gasteiger partial charge is 0.250 e. The van der Waals surface area contributed by atoms with Gasteiger partial charge in [0.1, 0.15) is 0 Å². The minimum absolute atomic E-state index is 0.133. The predicted molar refractivity (Wildman–Crippen MR) is 126 cm³/mol. The molecule has 1 aliphatic carbocycles. The summed E-state index contributed by atoms with van der Waals surface area (Å²) in [5.41, 5.74) is 10.9. The first kappa shape index (κ1) is 20.8. The standard InChI is InChI=1S/C26H29N3O3/c1-15-12-23-25(20-4-2-3-5-22(20)29(23)24(31)13-15)16-6-11-19(26(27)32)21(14-16)28-17-7-9-18(30)10-8-17/h2-6,11,14-15,17-18,28,30H,7-10,12-13H2,1H3,(H2,27,32)/t15-,17?,18?/m1/s1. The van der Waals surface area contributed by atoms with Gasteiger partial charge in [0.15, 0.2) is 0 Å². The van der Waals surface area contributed by atoms with E-state index in [0.717, 1.165) is 65.5 Å². The zero-order valence-corrected chi connectivity index (χ0v) is 18.3. The monoisotopic (exact) mass is 431 g/mol. The van der Waals surface area contributed by atoms with Gasteiger partial charge in [0.05, 0.1) is 17.2 Å². The minimum atomic E-state index is -0.470. The van der Waals surface area contributed by atoms with Crippen LogP contribution in [-0.4, -0.2) is 33.6 Å². The number of para-hydroxylation sites is 1. The van der Waals surface area contributed by atoms with Gasteiger partial charge in [0.2, 0.25) is 5.91 Å². The molecule has 166 valence electrons. The number of benzene rings is 2. The lowest BCUT2D eigenvalue weighted by Crippen LogP contribution is -2.29. The number of nitrogens with zero attached hydrogens (tertiary/aromatic N) is 1. The maximum Gasteiger partial charge on any atom is 0.250 e. The molecule has 1 aromatic heterocycles. The number of carbonyl (C=O) groups excluding carboxylic acids is 2. The minimum Gasteiger partial charge on any atom is -0.393 e. The third-order valence-electron chi connectivity index (χ3n) is 6.92. The Bertz CT molecular complexity index is 1200. The summed E-state index contributed by atoms with van der Waals surface area (Å²) in [6.07, 6.45) is 4.33. The van der Waals surface area contributed by atoms with E-state index in [4.69, 9.17) is 5.73 Å². The molecule has 0 bridgehead atoms. The average molecular weight is 432 g/mol. The van der Waals surface area contributed by atoms with E-state index in [-0.39, 0.29) is 24.0 Å². The number of hydrogen-bond donors (Lipinski definition) is 3. The number of nitrogens with one attached hydrogen (secondary N) is 1. The molecule has 3 aromatic rings. The lowest BCUT2D eigenvalue weighted by molar-refractivity contribution is 0.0866. The summed E-state index contributed by atoms with van der Waals surface area (Å²) in [4.78, 5) is 25.1. The van der Waals surface area contributed by atoms with Crippen molar-refractivity contribution >= 4 is 28.4 Å². The zero-order valence-electron chi connectivity index (χ0n) is 18.3. The van der Waals surface area contributed by atoms with Crippen LogP contribution in [0.4, 0.5) is 5.69 Å². The third-order valence-corrected chi connectivity index (χ3v) is 6.92. The van der Waals surface area contributed by atoms with E-state index >= 15 is 0 Å². The van der Waals surface area contributed by atoms with Gasteiger partial charge in [-0.25, -0.2) is 0 Å². The molecular weight excluding hydrogens is 402 g/mol. The largest absolute Gasteiger partial charge is 0.393 e. The van der Waals surface area contributed by atoms with Crippen molar-refractivity contribution in [3.8, 4) is 11.1 Å². The molecule has 32 heavy (non-hydrogen) atoms. The van der Waals surface area contributed by atoms with Crippen molar-refractivity contribution in [2.24, 2.45) is 11.7 Å². The second kappa shape index (κ2) is 8.10. The molecule has 1 atom stereocenters. The van der Waals surface area contributed by atoms with Gasteiger partial charge in [-0.3, -0.25) is 14.2 Å². The number of fused-ring (bicyclic) bond motifs is 3. The molecule has 2 aromatic carbocycles. The molecular formula is C26H29N3O3. The van der Waals surface area contributed by atoms with E-state index in [9.17, 15) is 14.7 Å². The van der Waals surface area contributed by atoms with Crippen LogP contribution >= 0.6 is 0 Å². The molecule has 1 amide bonds. The number of hydrogen-bond acceptors (Lipinski definition) is 4. The van der Waals surface area contributed by atoms with Crippen LogP contribution in [0.5, 0.6) is 0 Å². The Labute approximate surface area is 187 Å². The van der Waals surface area contributed by atoms with Crippen LogP contribution in [0, 0.1) is 5.92 Å². The first-order valence-electron chi connectivity index (χ1n) is 11.5. The number of aromatic nitrogens is 1. The van der Waals surface area contributed by atoms with Gasteiger partial charge in [-0.15, -0.1) is 0 Å². The molecule has 0 radical (unpaired) electrons.